The molecule has 0 saturated carbocycles. The van der Waals surface area contributed by atoms with Gasteiger partial charge in [0.05, 0.1) is 29.2 Å². The molecule has 0 aliphatic rings. The summed E-state index contributed by atoms with van der Waals surface area (Å²) in [5.74, 6) is 1.08. The van der Waals surface area contributed by atoms with Gasteiger partial charge in [-0.25, -0.2) is 4.98 Å². The Labute approximate surface area is 122 Å². The zero-order chi connectivity index (χ0) is 15.0. The molecule has 3 aromatic rings. The average molecular weight is 283 g/mol. The van der Waals surface area contributed by atoms with Gasteiger partial charge in [0.1, 0.15) is 11.6 Å². The van der Waals surface area contributed by atoms with Crippen molar-refractivity contribution in [3.05, 3.63) is 41.9 Å². The van der Waals surface area contributed by atoms with Crippen LogP contribution in [0, 0.1) is 0 Å². The number of nitrogens with two attached hydrogens (primary N) is 1. The number of anilines is 1. The van der Waals surface area contributed by atoms with Crippen molar-refractivity contribution in [2.24, 2.45) is 7.05 Å². The Balaban J connectivity index is 1.98. The number of nitrogen functional groups attached to an aromatic ring is 1. The number of carbonyl (C=O) groups is 1. The van der Waals surface area contributed by atoms with Crippen molar-refractivity contribution < 1.29 is 4.79 Å². The van der Waals surface area contributed by atoms with Crippen molar-refractivity contribution in [3.8, 4) is 0 Å². The molecule has 6 heteroatoms. The molecule has 108 valence electrons. The molecule has 21 heavy (non-hydrogen) atoms. The van der Waals surface area contributed by atoms with Crippen LogP contribution in [-0.4, -0.2) is 25.1 Å². The van der Waals surface area contributed by atoms with E-state index in [-0.39, 0.29) is 12.2 Å². The summed E-state index contributed by atoms with van der Waals surface area (Å²) < 4.78 is 3.55. The van der Waals surface area contributed by atoms with Crippen LogP contribution in [0.25, 0.3) is 11.0 Å². The summed E-state index contributed by atoms with van der Waals surface area (Å²) in [4.78, 5) is 17.0. The lowest BCUT2D eigenvalue weighted by atomic mass is 10.1. The normalized spacial score (nSPS) is 11.1. The van der Waals surface area contributed by atoms with E-state index < -0.39 is 0 Å². The van der Waals surface area contributed by atoms with E-state index in [1.165, 1.54) is 10.9 Å². The summed E-state index contributed by atoms with van der Waals surface area (Å²) in [7, 11) is 1.72. The maximum Gasteiger partial charge on any atom is 0.175 e. The third kappa shape index (κ3) is 2.18. The Morgan fingerprint density at radius 3 is 2.76 bits per heavy atom. The molecule has 0 aliphatic heterocycles. The predicted molar refractivity (Wildman–Crippen MR) is 81.1 cm³/mol. The quantitative estimate of drug-likeness (QED) is 0.740. The maximum absolute atomic E-state index is 12.4. The zero-order valence-corrected chi connectivity index (χ0v) is 12.1. The monoisotopic (exact) mass is 283 g/mol. The van der Waals surface area contributed by atoms with Gasteiger partial charge in [-0.1, -0.05) is 12.1 Å². The molecule has 0 saturated heterocycles. The highest BCUT2D eigenvalue weighted by Crippen LogP contribution is 2.18. The number of carbonyl (C=O) groups excluding carboxylic acids is 1. The van der Waals surface area contributed by atoms with Crippen LogP contribution in [0.3, 0.4) is 0 Å². The number of imidazole rings is 1. The van der Waals surface area contributed by atoms with Gasteiger partial charge >= 0.3 is 0 Å². The highest BCUT2D eigenvalue weighted by atomic mass is 16.1. The van der Waals surface area contributed by atoms with Crippen LogP contribution >= 0.6 is 0 Å². The average Bonchev–Trinajstić information content (AvgIpc) is 2.99. The van der Waals surface area contributed by atoms with E-state index in [0.29, 0.717) is 11.4 Å². The van der Waals surface area contributed by atoms with Gasteiger partial charge in [0.2, 0.25) is 0 Å². The number of benzene rings is 1. The van der Waals surface area contributed by atoms with E-state index in [1.807, 2.05) is 31.2 Å². The number of nitrogens with zero attached hydrogens (tertiary/aromatic N) is 4. The molecule has 0 bridgehead atoms. The summed E-state index contributed by atoms with van der Waals surface area (Å²) in [6.45, 7) is 2.81. The molecule has 2 N–H and O–H groups in total. The number of aryl methyl sites for hydroxylation is 2. The zero-order valence-electron chi connectivity index (χ0n) is 12.1. The number of fused-ring (bicyclic) bond motifs is 1. The molecule has 1 aromatic carbocycles. The van der Waals surface area contributed by atoms with Crippen LogP contribution in [0.2, 0.25) is 0 Å². The Kier molecular flexibility index (Phi) is 3.21. The number of hydrogen-bond donors (Lipinski definition) is 1. The third-order valence-corrected chi connectivity index (χ3v) is 3.65. The van der Waals surface area contributed by atoms with E-state index in [0.717, 1.165) is 23.4 Å². The summed E-state index contributed by atoms with van der Waals surface area (Å²) in [5.41, 5.74) is 8.25. The van der Waals surface area contributed by atoms with Gasteiger partial charge < -0.3 is 10.3 Å². The predicted octanol–water partition coefficient (Wildman–Crippen LogP) is 1.80. The first-order valence-corrected chi connectivity index (χ1v) is 6.86. The molecular formula is C15H17N5O. The van der Waals surface area contributed by atoms with Crippen LogP contribution in [0.15, 0.2) is 30.5 Å². The van der Waals surface area contributed by atoms with Crippen molar-refractivity contribution >= 4 is 22.6 Å². The second-order valence-corrected chi connectivity index (χ2v) is 4.93. The molecule has 0 spiro atoms. The minimum absolute atomic E-state index is 0.0643. The van der Waals surface area contributed by atoms with Crippen LogP contribution in [0.5, 0.6) is 0 Å². The standard InChI is InChI=1S/C15H17N5O/c1-3-20-12-7-5-4-6-11(12)18-14(20)8-13(21)10-9-17-19(2)15(10)16/h4-7,9H,3,8,16H2,1-2H3. The Bertz CT molecular complexity index is 815. The smallest absolute Gasteiger partial charge is 0.175 e. The Morgan fingerprint density at radius 2 is 2.10 bits per heavy atom. The van der Waals surface area contributed by atoms with Crippen LogP contribution in [0.1, 0.15) is 23.1 Å². The first kappa shape index (κ1) is 13.4. The van der Waals surface area contributed by atoms with E-state index in [9.17, 15) is 4.79 Å². The van der Waals surface area contributed by atoms with Gasteiger partial charge in [0.25, 0.3) is 0 Å². The van der Waals surface area contributed by atoms with Crippen LogP contribution in [0.4, 0.5) is 5.82 Å². The fraction of sp³-hybridized carbons (Fsp3) is 0.267. The van der Waals surface area contributed by atoms with Gasteiger partial charge in [-0.3, -0.25) is 9.48 Å². The second kappa shape index (κ2) is 5.05. The lowest BCUT2D eigenvalue weighted by molar-refractivity contribution is 0.0991. The maximum atomic E-state index is 12.4. The Hall–Kier alpha value is -2.63. The SMILES string of the molecule is CCn1c(CC(=O)c2cnn(C)c2N)nc2ccccc21. The largest absolute Gasteiger partial charge is 0.383 e. The van der Waals surface area contributed by atoms with E-state index in [2.05, 4.69) is 14.6 Å². The molecule has 6 nitrogen and oxygen atoms in total. The first-order valence-electron chi connectivity index (χ1n) is 6.86. The topological polar surface area (TPSA) is 78.7 Å². The van der Waals surface area contributed by atoms with Crippen LogP contribution in [-0.2, 0) is 20.0 Å². The van der Waals surface area contributed by atoms with Gasteiger partial charge in [0.15, 0.2) is 5.78 Å². The van der Waals surface area contributed by atoms with Crippen LogP contribution < -0.4 is 5.73 Å². The minimum atomic E-state index is -0.0643. The summed E-state index contributed by atoms with van der Waals surface area (Å²) in [5, 5.41) is 4.01. The number of Topliss-reactive ketones (excluding diaryl/α,β-unsaturated/α-hetero) is 1. The molecule has 0 amide bonds. The van der Waals surface area contributed by atoms with Crippen molar-refractivity contribution in [1.82, 2.24) is 19.3 Å². The number of hydrogen-bond acceptors (Lipinski definition) is 4. The number of rotatable bonds is 4. The molecule has 0 aliphatic carbocycles. The lowest BCUT2D eigenvalue weighted by Gasteiger charge is -2.05. The van der Waals surface area contributed by atoms with Gasteiger partial charge in [-0.05, 0) is 19.1 Å². The number of ketones is 1. The molecule has 0 fully saturated rings. The van der Waals surface area contributed by atoms with E-state index in [4.69, 9.17) is 5.73 Å². The van der Waals surface area contributed by atoms with Gasteiger partial charge in [-0.2, -0.15) is 5.10 Å². The molecule has 0 atom stereocenters. The van der Waals surface area contributed by atoms with E-state index in [1.54, 1.807) is 7.05 Å². The molecule has 3 rings (SSSR count). The number of para-hydroxylation sites is 2. The summed E-state index contributed by atoms with van der Waals surface area (Å²) >= 11 is 0. The van der Waals surface area contributed by atoms with E-state index >= 15 is 0 Å². The number of aromatic nitrogens is 4. The third-order valence-electron chi connectivity index (χ3n) is 3.65. The fourth-order valence-corrected chi connectivity index (χ4v) is 2.51. The molecule has 2 heterocycles. The highest BCUT2D eigenvalue weighted by Gasteiger charge is 2.18. The molecular weight excluding hydrogens is 266 g/mol. The lowest BCUT2D eigenvalue weighted by Crippen LogP contribution is -2.11. The highest BCUT2D eigenvalue weighted by molar-refractivity contribution is 6.01. The summed E-state index contributed by atoms with van der Waals surface area (Å²) in [6.07, 6.45) is 1.73. The molecule has 0 unspecified atom stereocenters. The summed E-state index contributed by atoms with van der Waals surface area (Å²) in [6, 6.07) is 7.88. The second-order valence-electron chi connectivity index (χ2n) is 4.93. The van der Waals surface area contributed by atoms with Crippen molar-refractivity contribution in [3.63, 3.8) is 0 Å². The van der Waals surface area contributed by atoms with Gasteiger partial charge in [-0.15, -0.1) is 0 Å². The van der Waals surface area contributed by atoms with Gasteiger partial charge in [0, 0.05) is 13.6 Å². The minimum Gasteiger partial charge on any atom is -0.383 e. The molecule has 2 aromatic heterocycles. The fourth-order valence-electron chi connectivity index (χ4n) is 2.51. The van der Waals surface area contributed by atoms with Crippen molar-refractivity contribution in [1.29, 1.82) is 0 Å². The van der Waals surface area contributed by atoms with Crippen molar-refractivity contribution in [2.75, 3.05) is 5.73 Å². The molecule has 0 radical (unpaired) electrons. The first-order chi connectivity index (χ1) is 10.1. The Morgan fingerprint density at radius 1 is 1.33 bits per heavy atom. The van der Waals surface area contributed by atoms with Crippen molar-refractivity contribution in [2.45, 2.75) is 19.9 Å².